The predicted molar refractivity (Wildman–Crippen MR) is 254 cm³/mol. The molecule has 4 nitrogen and oxygen atoms in total. The van der Waals surface area contributed by atoms with E-state index in [4.69, 9.17) is 9.97 Å². The van der Waals surface area contributed by atoms with Gasteiger partial charge >= 0.3 is 0 Å². The number of nitrogens with one attached hydrogen (secondary N) is 2. The molecular formula is C50H40I2N4. The van der Waals surface area contributed by atoms with Crippen LogP contribution >= 0.6 is 45.2 Å². The van der Waals surface area contributed by atoms with E-state index in [2.05, 4.69) is 218 Å². The molecule has 2 aliphatic heterocycles. The maximum Gasteiger partial charge on any atom is 0.0738 e. The fourth-order valence-electron chi connectivity index (χ4n) is 8.72. The summed E-state index contributed by atoms with van der Waals surface area (Å²) >= 11 is 4.76. The molecule has 56 heavy (non-hydrogen) atoms. The Labute approximate surface area is 355 Å². The first-order valence-electron chi connectivity index (χ1n) is 18.9. The fraction of sp³-hybridized carbons (Fsp3) is 0.120. The smallest absolute Gasteiger partial charge is 0.0738 e. The molecule has 0 aliphatic carbocycles. The quantitative estimate of drug-likeness (QED) is 0.173. The molecule has 0 radical (unpaired) electrons. The summed E-state index contributed by atoms with van der Waals surface area (Å²) in [7, 11) is 0. The molecule has 4 aromatic carbocycles. The highest BCUT2D eigenvalue weighted by molar-refractivity contribution is 14.1. The zero-order chi connectivity index (χ0) is 38.8. The van der Waals surface area contributed by atoms with Crippen molar-refractivity contribution in [2.45, 2.75) is 41.5 Å². The van der Waals surface area contributed by atoms with Gasteiger partial charge in [-0.15, -0.1) is 0 Å². The number of aromatic nitrogens is 4. The molecule has 2 N–H and O–H groups in total. The number of benzene rings is 4. The van der Waals surface area contributed by atoms with E-state index in [1.165, 1.54) is 51.6 Å². The van der Waals surface area contributed by atoms with Gasteiger partial charge < -0.3 is 9.97 Å². The van der Waals surface area contributed by atoms with Gasteiger partial charge in [-0.3, -0.25) is 0 Å². The van der Waals surface area contributed by atoms with Crippen LogP contribution < -0.4 is 0 Å². The first kappa shape index (κ1) is 36.6. The van der Waals surface area contributed by atoms with Gasteiger partial charge in [0.25, 0.3) is 0 Å². The SMILES string of the molecule is Cc1cc(C)c(-c2c3nc(c(-c4ccc(I)cc4)c4ccc([nH]4)c(-c4c(C)cc(C)cc4C)c4ccc([nH]4)c(-c4ccc(I)cc4)c4nc2C=C4)C=C3)c(C)c1. The summed E-state index contributed by atoms with van der Waals surface area (Å²) in [5.41, 5.74) is 23.9. The van der Waals surface area contributed by atoms with E-state index in [0.717, 1.165) is 78.2 Å². The number of halogens is 2. The Morgan fingerprint density at radius 1 is 0.357 bits per heavy atom. The summed E-state index contributed by atoms with van der Waals surface area (Å²) in [5.74, 6) is 0. The highest BCUT2D eigenvalue weighted by atomic mass is 127. The van der Waals surface area contributed by atoms with Crippen molar-refractivity contribution in [3.05, 3.63) is 160 Å². The van der Waals surface area contributed by atoms with Gasteiger partial charge in [0.15, 0.2) is 0 Å². The Hall–Kier alpha value is -5.06. The van der Waals surface area contributed by atoms with Gasteiger partial charge in [0.2, 0.25) is 0 Å². The maximum atomic E-state index is 5.51. The molecule has 0 spiro atoms. The molecule has 0 unspecified atom stereocenters. The normalized spacial score (nSPS) is 12.1. The number of nitrogens with zero attached hydrogens (tertiary/aromatic N) is 2. The lowest BCUT2D eigenvalue weighted by molar-refractivity contribution is 1.25. The van der Waals surface area contributed by atoms with Crippen LogP contribution in [-0.4, -0.2) is 19.9 Å². The molecular weight excluding hydrogens is 910 g/mol. The van der Waals surface area contributed by atoms with E-state index in [-0.39, 0.29) is 0 Å². The average molecular weight is 951 g/mol. The minimum Gasteiger partial charge on any atom is -0.354 e. The lowest BCUT2D eigenvalue weighted by Crippen LogP contribution is -1.96. The van der Waals surface area contributed by atoms with Crippen molar-refractivity contribution in [1.29, 1.82) is 0 Å². The van der Waals surface area contributed by atoms with Crippen molar-refractivity contribution >= 4 is 91.6 Å². The third-order valence-electron chi connectivity index (χ3n) is 10.9. The number of H-pyrrole nitrogens is 2. The highest BCUT2D eigenvalue weighted by Gasteiger charge is 2.22. The molecule has 8 bridgehead atoms. The lowest BCUT2D eigenvalue weighted by Gasteiger charge is -2.14. The van der Waals surface area contributed by atoms with Crippen LogP contribution in [0.3, 0.4) is 0 Å². The van der Waals surface area contributed by atoms with Crippen molar-refractivity contribution in [1.82, 2.24) is 19.9 Å². The first-order valence-corrected chi connectivity index (χ1v) is 21.0. The fourth-order valence-corrected chi connectivity index (χ4v) is 9.44. The Balaban J connectivity index is 1.51. The third kappa shape index (κ3) is 6.56. The molecule has 0 atom stereocenters. The summed E-state index contributed by atoms with van der Waals surface area (Å²) in [6, 6.07) is 35.4. The molecule has 274 valence electrons. The lowest BCUT2D eigenvalue weighted by atomic mass is 9.92. The molecule has 0 amide bonds. The monoisotopic (exact) mass is 950 g/mol. The third-order valence-corrected chi connectivity index (χ3v) is 12.3. The number of rotatable bonds is 4. The van der Waals surface area contributed by atoms with Gasteiger partial charge in [-0.2, -0.15) is 0 Å². The van der Waals surface area contributed by atoms with Crippen LogP contribution in [0.1, 0.15) is 56.2 Å². The minimum atomic E-state index is 0.901. The van der Waals surface area contributed by atoms with Crippen LogP contribution in [0.25, 0.3) is 90.9 Å². The number of hydrogen-bond donors (Lipinski definition) is 2. The summed E-state index contributed by atoms with van der Waals surface area (Å²) in [4.78, 5) is 18.9. The largest absolute Gasteiger partial charge is 0.354 e. The maximum absolute atomic E-state index is 5.51. The summed E-state index contributed by atoms with van der Waals surface area (Å²) in [5, 5.41) is 0. The molecule has 3 aromatic heterocycles. The topological polar surface area (TPSA) is 57.4 Å². The Morgan fingerprint density at radius 3 is 1.02 bits per heavy atom. The van der Waals surface area contributed by atoms with E-state index in [1.807, 2.05) is 0 Å². The highest BCUT2D eigenvalue weighted by Crippen LogP contribution is 2.41. The molecule has 7 aromatic rings. The molecule has 0 fully saturated rings. The summed E-state index contributed by atoms with van der Waals surface area (Å²) in [6.45, 7) is 13.2. The van der Waals surface area contributed by atoms with Crippen molar-refractivity contribution in [2.75, 3.05) is 0 Å². The van der Waals surface area contributed by atoms with Crippen LogP contribution in [0.5, 0.6) is 0 Å². The zero-order valence-corrected chi connectivity index (χ0v) is 36.5. The summed E-state index contributed by atoms with van der Waals surface area (Å²) in [6.07, 6.45) is 8.68. The standard InChI is InChI=1S/C50H40I2N4/c1-27-23-29(3)45(30(4)24-27)49-41-19-15-37(53-41)47(33-7-11-35(51)12-8-33)39-17-21-43(55-39)50(46-31(5)25-28(2)26-32(46)6)44-22-18-40(56-44)48(38-16-20-42(49)54-38)34-9-13-36(52)14-10-34/h7-26,53-54H,1-6H3. The molecule has 6 heteroatoms. The molecule has 9 rings (SSSR count). The van der Waals surface area contributed by atoms with Gasteiger partial charge in [0.05, 0.1) is 22.8 Å². The Bertz CT molecular complexity index is 2790. The summed E-state index contributed by atoms with van der Waals surface area (Å²) < 4.78 is 2.37. The number of fused-ring (bicyclic) bond motifs is 8. The van der Waals surface area contributed by atoms with Crippen LogP contribution in [0, 0.1) is 48.7 Å². The second kappa shape index (κ2) is 14.5. The van der Waals surface area contributed by atoms with E-state index < -0.39 is 0 Å². The van der Waals surface area contributed by atoms with Crippen molar-refractivity contribution in [3.63, 3.8) is 0 Å². The van der Waals surface area contributed by atoms with Crippen LogP contribution in [-0.2, 0) is 0 Å². The average Bonchev–Trinajstić information content (AvgIpc) is 3.99. The molecule has 0 saturated carbocycles. The molecule has 2 aliphatic rings. The second-order valence-electron chi connectivity index (χ2n) is 15.1. The Morgan fingerprint density at radius 2 is 0.661 bits per heavy atom. The first-order chi connectivity index (χ1) is 27.0. The van der Waals surface area contributed by atoms with E-state index in [0.29, 0.717) is 0 Å². The van der Waals surface area contributed by atoms with Gasteiger partial charge in [0.1, 0.15) is 0 Å². The number of hydrogen-bond acceptors (Lipinski definition) is 2. The van der Waals surface area contributed by atoms with Gasteiger partial charge in [-0.1, -0.05) is 59.7 Å². The van der Waals surface area contributed by atoms with Gasteiger partial charge in [-0.05, 0) is 204 Å². The zero-order valence-electron chi connectivity index (χ0n) is 32.2. The van der Waals surface area contributed by atoms with Crippen molar-refractivity contribution in [2.24, 2.45) is 0 Å². The van der Waals surface area contributed by atoms with Crippen molar-refractivity contribution in [3.8, 4) is 44.5 Å². The van der Waals surface area contributed by atoms with Crippen molar-refractivity contribution < 1.29 is 0 Å². The number of aromatic amines is 2. The number of aryl methyl sites for hydroxylation is 6. The van der Waals surface area contributed by atoms with Gasteiger partial charge in [0, 0.05) is 51.5 Å². The molecule has 0 saturated heterocycles. The molecule has 5 heterocycles. The van der Waals surface area contributed by atoms with Gasteiger partial charge in [-0.25, -0.2) is 9.97 Å². The van der Waals surface area contributed by atoms with E-state index >= 15 is 0 Å². The van der Waals surface area contributed by atoms with E-state index in [9.17, 15) is 0 Å². The second-order valence-corrected chi connectivity index (χ2v) is 17.6. The minimum absolute atomic E-state index is 0.901. The van der Waals surface area contributed by atoms with E-state index in [1.54, 1.807) is 0 Å². The van der Waals surface area contributed by atoms with Crippen LogP contribution in [0.2, 0.25) is 0 Å². The Kier molecular flexibility index (Phi) is 9.45. The van der Waals surface area contributed by atoms with Crippen LogP contribution in [0.4, 0.5) is 0 Å². The predicted octanol–water partition coefficient (Wildman–Crippen LogP) is 14.4. The van der Waals surface area contributed by atoms with Crippen LogP contribution in [0.15, 0.2) is 97.1 Å².